The summed E-state index contributed by atoms with van der Waals surface area (Å²) in [5, 5.41) is 5.17. The van der Waals surface area contributed by atoms with Crippen LogP contribution in [-0.4, -0.2) is 28.4 Å². The number of carbonyl (C=O) groups excluding carboxylic acids is 1. The fourth-order valence-corrected chi connectivity index (χ4v) is 4.26. The molecule has 4 rings (SSSR count). The van der Waals surface area contributed by atoms with Crippen molar-refractivity contribution in [3.63, 3.8) is 0 Å². The number of benzene rings is 1. The van der Waals surface area contributed by atoms with Gasteiger partial charge >= 0.3 is 0 Å². The van der Waals surface area contributed by atoms with Crippen molar-refractivity contribution < 1.29 is 9.53 Å². The molecule has 0 bridgehead atoms. The topological polar surface area (TPSA) is 55.6 Å². The maximum atomic E-state index is 12.3. The predicted molar refractivity (Wildman–Crippen MR) is 99.2 cm³/mol. The van der Waals surface area contributed by atoms with E-state index in [9.17, 15) is 4.79 Å². The van der Waals surface area contributed by atoms with Crippen LogP contribution in [0.25, 0.3) is 16.2 Å². The highest BCUT2D eigenvalue weighted by molar-refractivity contribution is 7.15. The minimum Gasteiger partial charge on any atom is -0.497 e. The lowest BCUT2D eigenvalue weighted by Crippen LogP contribution is -2.33. The van der Waals surface area contributed by atoms with Gasteiger partial charge in [-0.1, -0.05) is 25.0 Å². The van der Waals surface area contributed by atoms with Crippen molar-refractivity contribution in [1.82, 2.24) is 14.7 Å². The Morgan fingerprint density at radius 2 is 2.24 bits per heavy atom. The van der Waals surface area contributed by atoms with Crippen LogP contribution >= 0.6 is 11.3 Å². The molecule has 1 amide bonds. The Hall–Kier alpha value is -2.34. The average Bonchev–Trinajstić information content (AvgIpc) is 3.34. The molecule has 5 nitrogen and oxygen atoms in total. The molecule has 1 aliphatic carbocycles. The lowest BCUT2D eigenvalue weighted by molar-refractivity contribution is -0.121. The van der Waals surface area contributed by atoms with Gasteiger partial charge in [0, 0.05) is 28.9 Å². The molecule has 6 heteroatoms. The highest BCUT2D eigenvalue weighted by atomic mass is 32.1. The van der Waals surface area contributed by atoms with E-state index in [1.54, 1.807) is 18.4 Å². The molecule has 1 fully saturated rings. The lowest BCUT2D eigenvalue weighted by Gasteiger charge is -2.11. The standard InChI is InChI=1S/C19H21N3O2S/c1-24-16-8-4-5-13(9-16)17-11-22-15(12-25-19(22)21-17)10-18(23)20-14-6-2-3-7-14/h4-5,8-9,11-12,14H,2-3,6-7,10H2,1H3,(H,20,23). The van der Waals surface area contributed by atoms with Gasteiger partial charge in [0.1, 0.15) is 5.75 Å². The van der Waals surface area contributed by atoms with Crippen molar-refractivity contribution in [3.8, 4) is 17.0 Å². The van der Waals surface area contributed by atoms with E-state index in [0.29, 0.717) is 12.5 Å². The van der Waals surface area contributed by atoms with E-state index in [0.717, 1.165) is 40.5 Å². The highest BCUT2D eigenvalue weighted by Crippen LogP contribution is 2.26. The fraction of sp³-hybridized carbons (Fsp3) is 0.368. The zero-order valence-electron chi connectivity index (χ0n) is 14.2. The zero-order chi connectivity index (χ0) is 17.2. The van der Waals surface area contributed by atoms with Crippen LogP contribution < -0.4 is 10.1 Å². The third-order valence-electron chi connectivity index (χ3n) is 4.71. The number of hydrogen-bond acceptors (Lipinski definition) is 4. The Labute approximate surface area is 150 Å². The first kappa shape index (κ1) is 16.1. The summed E-state index contributed by atoms with van der Waals surface area (Å²) in [5.74, 6) is 0.910. The number of thiazole rings is 1. The molecular formula is C19H21N3O2S. The highest BCUT2D eigenvalue weighted by Gasteiger charge is 2.18. The summed E-state index contributed by atoms with van der Waals surface area (Å²) in [5.41, 5.74) is 2.89. The first-order valence-electron chi connectivity index (χ1n) is 8.62. The molecule has 0 aliphatic heterocycles. The number of imidazole rings is 1. The van der Waals surface area contributed by atoms with Crippen molar-refractivity contribution in [3.05, 3.63) is 41.5 Å². The predicted octanol–water partition coefficient (Wildman–Crippen LogP) is 3.67. The molecule has 1 N–H and O–H groups in total. The Morgan fingerprint density at radius 1 is 1.40 bits per heavy atom. The van der Waals surface area contributed by atoms with Gasteiger partial charge in [0.15, 0.2) is 4.96 Å². The molecule has 0 atom stereocenters. The second-order valence-electron chi connectivity index (χ2n) is 6.46. The monoisotopic (exact) mass is 355 g/mol. The normalized spacial score (nSPS) is 14.9. The minimum atomic E-state index is 0.100. The van der Waals surface area contributed by atoms with E-state index in [2.05, 4.69) is 10.3 Å². The van der Waals surface area contributed by atoms with Crippen molar-refractivity contribution in [1.29, 1.82) is 0 Å². The molecule has 3 aromatic rings. The third kappa shape index (κ3) is 3.39. The number of nitrogens with zero attached hydrogens (tertiary/aromatic N) is 2. The van der Waals surface area contributed by atoms with Gasteiger partial charge in [0.25, 0.3) is 0 Å². The van der Waals surface area contributed by atoms with Crippen molar-refractivity contribution in [2.75, 3.05) is 7.11 Å². The number of rotatable bonds is 5. The molecule has 0 unspecified atom stereocenters. The summed E-state index contributed by atoms with van der Waals surface area (Å²) in [6.07, 6.45) is 7.05. The lowest BCUT2D eigenvalue weighted by atomic mass is 10.1. The molecule has 1 saturated carbocycles. The van der Waals surface area contributed by atoms with Crippen LogP contribution in [-0.2, 0) is 11.2 Å². The summed E-state index contributed by atoms with van der Waals surface area (Å²) < 4.78 is 7.31. The second kappa shape index (κ2) is 6.88. The summed E-state index contributed by atoms with van der Waals surface area (Å²) in [6, 6.07) is 8.22. The van der Waals surface area contributed by atoms with Gasteiger partial charge < -0.3 is 10.1 Å². The smallest absolute Gasteiger partial charge is 0.226 e. The van der Waals surface area contributed by atoms with Crippen LogP contribution in [0, 0.1) is 0 Å². The Bertz CT molecular complexity index is 893. The summed E-state index contributed by atoms with van der Waals surface area (Å²) >= 11 is 1.56. The van der Waals surface area contributed by atoms with Crippen LogP contribution in [0.5, 0.6) is 5.75 Å². The maximum Gasteiger partial charge on any atom is 0.226 e. The minimum absolute atomic E-state index is 0.100. The molecule has 1 aromatic carbocycles. The quantitative estimate of drug-likeness (QED) is 0.760. The first-order valence-corrected chi connectivity index (χ1v) is 9.50. The molecule has 2 aromatic heterocycles. The molecule has 25 heavy (non-hydrogen) atoms. The van der Waals surface area contributed by atoms with Crippen molar-refractivity contribution in [2.45, 2.75) is 38.1 Å². The number of nitrogens with one attached hydrogen (secondary N) is 1. The molecular weight excluding hydrogens is 334 g/mol. The SMILES string of the molecule is COc1cccc(-c2cn3c(CC(=O)NC4CCCC4)csc3n2)c1. The van der Waals surface area contributed by atoms with E-state index in [1.807, 2.05) is 40.2 Å². The van der Waals surface area contributed by atoms with Crippen LogP contribution in [0.2, 0.25) is 0 Å². The second-order valence-corrected chi connectivity index (χ2v) is 7.30. The Kier molecular flexibility index (Phi) is 4.44. The molecule has 130 valence electrons. The number of carbonyl (C=O) groups is 1. The summed E-state index contributed by atoms with van der Waals surface area (Å²) in [4.78, 5) is 17.9. The fourth-order valence-electron chi connectivity index (χ4n) is 3.39. The van der Waals surface area contributed by atoms with Crippen molar-refractivity contribution >= 4 is 22.2 Å². The number of fused-ring (bicyclic) bond motifs is 1. The van der Waals surface area contributed by atoms with Crippen LogP contribution in [0.3, 0.4) is 0 Å². The van der Waals surface area contributed by atoms with E-state index in [-0.39, 0.29) is 5.91 Å². The molecule has 1 aliphatic rings. The van der Waals surface area contributed by atoms with Gasteiger partial charge in [-0.25, -0.2) is 4.98 Å². The van der Waals surface area contributed by atoms with Gasteiger partial charge in [-0.15, -0.1) is 11.3 Å². The maximum absolute atomic E-state index is 12.3. The molecule has 0 spiro atoms. The Morgan fingerprint density at radius 3 is 3.04 bits per heavy atom. The number of aromatic nitrogens is 2. The third-order valence-corrected chi connectivity index (χ3v) is 5.60. The van der Waals surface area contributed by atoms with Crippen molar-refractivity contribution in [2.24, 2.45) is 0 Å². The van der Waals surface area contributed by atoms with E-state index >= 15 is 0 Å². The van der Waals surface area contributed by atoms with Crippen LogP contribution in [0.15, 0.2) is 35.8 Å². The van der Waals surface area contributed by atoms with Gasteiger partial charge in [0.05, 0.1) is 19.2 Å². The molecule has 0 saturated heterocycles. The zero-order valence-corrected chi connectivity index (χ0v) is 15.0. The largest absolute Gasteiger partial charge is 0.497 e. The average molecular weight is 355 g/mol. The van der Waals surface area contributed by atoms with E-state index in [1.165, 1.54) is 12.8 Å². The number of hydrogen-bond donors (Lipinski definition) is 1. The van der Waals surface area contributed by atoms with Crippen LogP contribution in [0.1, 0.15) is 31.4 Å². The number of amides is 1. The van der Waals surface area contributed by atoms with Gasteiger partial charge in [0.2, 0.25) is 5.91 Å². The number of methoxy groups -OCH3 is 1. The van der Waals surface area contributed by atoms with Gasteiger partial charge in [-0.05, 0) is 25.0 Å². The van der Waals surface area contributed by atoms with Gasteiger partial charge in [-0.3, -0.25) is 9.20 Å². The van der Waals surface area contributed by atoms with E-state index < -0.39 is 0 Å². The van der Waals surface area contributed by atoms with E-state index in [4.69, 9.17) is 4.74 Å². The van der Waals surface area contributed by atoms with Crippen LogP contribution in [0.4, 0.5) is 0 Å². The Balaban J connectivity index is 1.54. The summed E-state index contributed by atoms with van der Waals surface area (Å²) in [7, 11) is 1.66. The number of ether oxygens (including phenoxy) is 1. The molecule has 2 heterocycles. The van der Waals surface area contributed by atoms with Gasteiger partial charge in [-0.2, -0.15) is 0 Å². The summed E-state index contributed by atoms with van der Waals surface area (Å²) in [6.45, 7) is 0. The molecule has 0 radical (unpaired) electrons. The first-order chi connectivity index (χ1) is 12.2.